The average molecular weight is 203 g/mol. The zero-order valence-electron chi connectivity index (χ0n) is 9.83. The number of hydrogen-bond acceptors (Lipinski definition) is 1. The molecule has 0 bridgehead atoms. The molecule has 80 valence electrons. The van der Waals surface area contributed by atoms with Crippen LogP contribution in [0.2, 0.25) is 0 Å². The third-order valence-corrected chi connectivity index (χ3v) is 3.04. The molecule has 0 unspecified atom stereocenters. The van der Waals surface area contributed by atoms with Crippen LogP contribution in [0.1, 0.15) is 34.7 Å². The van der Waals surface area contributed by atoms with E-state index in [-0.39, 0.29) is 0 Å². The lowest BCUT2D eigenvalue weighted by atomic mass is 9.92. The molecule has 1 rings (SSSR count). The van der Waals surface area contributed by atoms with Crippen molar-refractivity contribution in [2.24, 2.45) is 5.11 Å². The van der Waals surface area contributed by atoms with Crippen LogP contribution < -0.4 is 0 Å². The van der Waals surface area contributed by atoms with Gasteiger partial charge >= 0.3 is 0 Å². The molecule has 0 amide bonds. The van der Waals surface area contributed by atoms with Crippen molar-refractivity contribution in [3.05, 3.63) is 44.3 Å². The number of aryl methyl sites for hydroxylation is 2. The predicted octanol–water partition coefficient (Wildman–Crippen LogP) is 3.98. The summed E-state index contributed by atoms with van der Waals surface area (Å²) in [4.78, 5) is 2.82. The summed E-state index contributed by atoms with van der Waals surface area (Å²) >= 11 is 0. The van der Waals surface area contributed by atoms with Crippen molar-refractivity contribution in [2.45, 2.75) is 40.7 Å². The topological polar surface area (TPSA) is 48.8 Å². The first-order chi connectivity index (χ1) is 7.11. The van der Waals surface area contributed by atoms with Gasteiger partial charge < -0.3 is 0 Å². The maximum atomic E-state index is 8.36. The summed E-state index contributed by atoms with van der Waals surface area (Å²) in [7, 11) is 0. The molecule has 1 aromatic rings. The summed E-state index contributed by atoms with van der Waals surface area (Å²) in [5.41, 5.74) is 14.7. The van der Waals surface area contributed by atoms with Crippen molar-refractivity contribution >= 4 is 0 Å². The molecule has 3 heteroatoms. The maximum absolute atomic E-state index is 8.36. The van der Waals surface area contributed by atoms with Crippen LogP contribution in [0, 0.1) is 20.8 Å². The lowest BCUT2D eigenvalue weighted by molar-refractivity contribution is 0.974. The number of nitrogens with zero attached hydrogens (tertiary/aromatic N) is 3. The van der Waals surface area contributed by atoms with Crippen LogP contribution in [-0.2, 0) is 13.0 Å². The van der Waals surface area contributed by atoms with Gasteiger partial charge in [0.2, 0.25) is 0 Å². The lowest BCUT2D eigenvalue weighted by Gasteiger charge is -2.14. The van der Waals surface area contributed by atoms with E-state index in [1.165, 1.54) is 27.8 Å². The first-order valence-electron chi connectivity index (χ1n) is 5.21. The second-order valence-corrected chi connectivity index (χ2v) is 3.82. The highest BCUT2D eigenvalue weighted by Gasteiger charge is 2.08. The van der Waals surface area contributed by atoms with Crippen LogP contribution in [-0.4, -0.2) is 0 Å². The van der Waals surface area contributed by atoms with Crippen LogP contribution in [0.4, 0.5) is 0 Å². The molecule has 1 aromatic carbocycles. The Kier molecular flexibility index (Phi) is 3.75. The van der Waals surface area contributed by atoms with Crippen LogP contribution in [0.3, 0.4) is 0 Å². The van der Waals surface area contributed by atoms with Crippen molar-refractivity contribution in [3.8, 4) is 0 Å². The van der Waals surface area contributed by atoms with Crippen LogP contribution >= 0.6 is 0 Å². The minimum Gasteiger partial charge on any atom is -0.0893 e. The summed E-state index contributed by atoms with van der Waals surface area (Å²) in [5, 5.41) is 3.66. The molecule has 0 fully saturated rings. The zero-order chi connectivity index (χ0) is 11.4. The van der Waals surface area contributed by atoms with Crippen LogP contribution in [0.15, 0.2) is 11.2 Å². The van der Waals surface area contributed by atoms with Gasteiger partial charge in [-0.2, -0.15) is 0 Å². The molecule has 0 aliphatic rings. The predicted molar refractivity (Wildman–Crippen MR) is 62.9 cm³/mol. The summed E-state index contributed by atoms with van der Waals surface area (Å²) in [6.07, 6.45) is 1.02. The Morgan fingerprint density at radius 1 is 1.27 bits per heavy atom. The van der Waals surface area contributed by atoms with Crippen molar-refractivity contribution in [3.63, 3.8) is 0 Å². The van der Waals surface area contributed by atoms with Gasteiger partial charge in [-0.15, -0.1) is 0 Å². The fourth-order valence-electron chi connectivity index (χ4n) is 1.90. The Labute approximate surface area is 90.8 Å². The number of rotatable bonds is 3. The average Bonchev–Trinajstić information content (AvgIpc) is 2.23. The van der Waals surface area contributed by atoms with E-state index in [0.717, 1.165) is 6.42 Å². The van der Waals surface area contributed by atoms with Crippen LogP contribution in [0.5, 0.6) is 0 Å². The zero-order valence-corrected chi connectivity index (χ0v) is 9.83. The van der Waals surface area contributed by atoms with Crippen molar-refractivity contribution in [1.82, 2.24) is 0 Å². The van der Waals surface area contributed by atoms with E-state index in [1.807, 2.05) is 0 Å². The molecule has 0 aliphatic carbocycles. The van der Waals surface area contributed by atoms with E-state index in [2.05, 4.69) is 43.8 Å². The third kappa shape index (κ3) is 2.31. The largest absolute Gasteiger partial charge is 0.0893 e. The minimum atomic E-state index is 0.461. The molecular formula is C12H17N3. The Bertz CT molecular complexity index is 415. The molecule has 0 N–H and O–H groups in total. The van der Waals surface area contributed by atoms with Crippen molar-refractivity contribution in [1.29, 1.82) is 0 Å². The van der Waals surface area contributed by atoms with Gasteiger partial charge in [-0.05, 0) is 60.5 Å². The monoisotopic (exact) mass is 203 g/mol. The molecule has 0 heterocycles. The standard InChI is InChI=1S/C12H17N3/c1-5-11-6-8(2)9(3)12(10(11)4)7-14-15-13/h6H,5,7H2,1-4H3. The minimum absolute atomic E-state index is 0.461. The van der Waals surface area contributed by atoms with Gasteiger partial charge in [0.1, 0.15) is 0 Å². The Hall–Kier alpha value is -1.47. The van der Waals surface area contributed by atoms with E-state index in [1.54, 1.807) is 0 Å². The van der Waals surface area contributed by atoms with Gasteiger partial charge in [-0.3, -0.25) is 0 Å². The molecular weight excluding hydrogens is 186 g/mol. The van der Waals surface area contributed by atoms with E-state index in [9.17, 15) is 0 Å². The van der Waals surface area contributed by atoms with Gasteiger partial charge in [0.15, 0.2) is 0 Å². The highest BCUT2D eigenvalue weighted by atomic mass is 15.1. The van der Waals surface area contributed by atoms with Gasteiger partial charge in [-0.1, -0.05) is 18.1 Å². The lowest BCUT2D eigenvalue weighted by Crippen LogP contribution is -1.99. The smallest absolute Gasteiger partial charge is 0.0516 e. The molecule has 0 atom stereocenters. The van der Waals surface area contributed by atoms with E-state index in [0.29, 0.717) is 6.54 Å². The van der Waals surface area contributed by atoms with Crippen molar-refractivity contribution < 1.29 is 0 Å². The summed E-state index contributed by atoms with van der Waals surface area (Å²) in [6, 6.07) is 2.23. The molecule has 0 spiro atoms. The first-order valence-corrected chi connectivity index (χ1v) is 5.21. The van der Waals surface area contributed by atoms with Gasteiger partial charge in [-0.25, -0.2) is 0 Å². The van der Waals surface area contributed by atoms with Gasteiger partial charge in [0.25, 0.3) is 0 Å². The Morgan fingerprint density at radius 3 is 2.47 bits per heavy atom. The van der Waals surface area contributed by atoms with E-state index >= 15 is 0 Å². The highest BCUT2D eigenvalue weighted by molar-refractivity contribution is 5.44. The van der Waals surface area contributed by atoms with Crippen LogP contribution in [0.25, 0.3) is 10.4 Å². The van der Waals surface area contributed by atoms with E-state index in [4.69, 9.17) is 5.53 Å². The van der Waals surface area contributed by atoms with Gasteiger partial charge in [0, 0.05) is 4.91 Å². The van der Waals surface area contributed by atoms with Gasteiger partial charge in [0.05, 0.1) is 6.54 Å². The second-order valence-electron chi connectivity index (χ2n) is 3.82. The fourth-order valence-corrected chi connectivity index (χ4v) is 1.90. The molecule has 0 radical (unpaired) electrons. The SMILES string of the molecule is CCc1cc(C)c(C)c(CN=[N+]=[N-])c1C. The molecule has 0 aromatic heterocycles. The highest BCUT2D eigenvalue weighted by Crippen LogP contribution is 2.23. The molecule has 3 nitrogen and oxygen atoms in total. The normalized spacial score (nSPS) is 9.87. The quantitative estimate of drug-likeness (QED) is 0.405. The summed E-state index contributed by atoms with van der Waals surface area (Å²) in [6.45, 7) is 8.91. The number of azide groups is 1. The molecule has 15 heavy (non-hydrogen) atoms. The molecule has 0 saturated carbocycles. The van der Waals surface area contributed by atoms with Crippen molar-refractivity contribution in [2.75, 3.05) is 0 Å². The van der Waals surface area contributed by atoms with E-state index < -0.39 is 0 Å². The first kappa shape index (κ1) is 11.6. The number of hydrogen-bond donors (Lipinski definition) is 0. The molecule has 0 saturated heterocycles. The summed E-state index contributed by atoms with van der Waals surface area (Å²) in [5.74, 6) is 0. The molecule has 0 aliphatic heterocycles. The summed E-state index contributed by atoms with van der Waals surface area (Å²) < 4.78 is 0. The second kappa shape index (κ2) is 4.85. The third-order valence-electron chi connectivity index (χ3n) is 3.04. The number of benzene rings is 1. The maximum Gasteiger partial charge on any atom is 0.0516 e. The Balaban J connectivity index is 3.32. The fraction of sp³-hybridized carbons (Fsp3) is 0.500. The Morgan fingerprint density at radius 2 is 1.93 bits per heavy atom.